The van der Waals surface area contributed by atoms with Gasteiger partial charge in [-0.3, -0.25) is 0 Å². The second-order valence-electron chi connectivity index (χ2n) is 3.83. The van der Waals surface area contributed by atoms with Crippen molar-refractivity contribution >= 4 is 0 Å². The molecular formula is C13H7F5O. The summed E-state index contributed by atoms with van der Waals surface area (Å²) in [7, 11) is 0. The molecule has 100 valence electrons. The first kappa shape index (κ1) is 13.3. The lowest BCUT2D eigenvalue weighted by atomic mass is 9.98. The fourth-order valence-electron chi connectivity index (χ4n) is 1.72. The average molecular weight is 274 g/mol. The Bertz CT molecular complexity index is 619. The minimum Gasteiger partial charge on any atom is -0.507 e. The molecule has 0 aliphatic carbocycles. The van der Waals surface area contributed by atoms with Crippen LogP contribution in [0, 0.1) is 11.6 Å². The van der Waals surface area contributed by atoms with Crippen molar-refractivity contribution in [1.82, 2.24) is 0 Å². The van der Waals surface area contributed by atoms with Crippen LogP contribution in [-0.4, -0.2) is 5.11 Å². The second kappa shape index (κ2) is 4.53. The third-order valence-corrected chi connectivity index (χ3v) is 2.56. The molecule has 0 spiro atoms. The van der Waals surface area contributed by atoms with Crippen LogP contribution in [0.1, 0.15) is 5.56 Å². The first-order chi connectivity index (χ1) is 8.80. The van der Waals surface area contributed by atoms with Gasteiger partial charge in [0.25, 0.3) is 0 Å². The summed E-state index contributed by atoms with van der Waals surface area (Å²) in [6, 6.07) is 5.34. The molecule has 0 saturated heterocycles. The maximum atomic E-state index is 13.1. The standard InChI is InChI=1S/C13H7F5O/c14-10-5-8(12(19)6-11(10)15)7-3-1-2-4-9(7)13(16,17)18/h1-6,19H. The molecule has 2 aromatic carbocycles. The van der Waals surface area contributed by atoms with Gasteiger partial charge in [0.1, 0.15) is 5.75 Å². The normalized spacial score (nSPS) is 11.6. The van der Waals surface area contributed by atoms with Gasteiger partial charge in [-0.25, -0.2) is 8.78 Å². The Hall–Kier alpha value is -2.11. The lowest BCUT2D eigenvalue weighted by Crippen LogP contribution is -2.07. The molecule has 0 bridgehead atoms. The zero-order valence-electron chi connectivity index (χ0n) is 9.30. The summed E-state index contributed by atoms with van der Waals surface area (Å²) in [4.78, 5) is 0. The molecule has 0 unspecified atom stereocenters. The van der Waals surface area contributed by atoms with E-state index in [-0.39, 0.29) is 0 Å². The quantitative estimate of drug-likeness (QED) is 0.766. The third-order valence-electron chi connectivity index (χ3n) is 2.56. The highest BCUT2D eigenvalue weighted by Gasteiger charge is 2.34. The van der Waals surface area contributed by atoms with E-state index in [1.807, 2.05) is 0 Å². The number of aromatic hydroxyl groups is 1. The highest BCUT2D eigenvalue weighted by molar-refractivity contribution is 5.73. The maximum Gasteiger partial charge on any atom is 0.417 e. The van der Waals surface area contributed by atoms with Crippen molar-refractivity contribution in [2.24, 2.45) is 0 Å². The lowest BCUT2D eigenvalue weighted by molar-refractivity contribution is -0.137. The molecule has 0 aliphatic rings. The summed E-state index contributed by atoms with van der Waals surface area (Å²) in [5.41, 5.74) is -1.85. The van der Waals surface area contributed by atoms with Gasteiger partial charge in [-0.1, -0.05) is 18.2 Å². The van der Waals surface area contributed by atoms with Crippen LogP contribution >= 0.6 is 0 Å². The van der Waals surface area contributed by atoms with Crippen LogP contribution in [0.5, 0.6) is 5.75 Å². The molecule has 0 radical (unpaired) electrons. The summed E-state index contributed by atoms with van der Waals surface area (Å²) in [6.45, 7) is 0. The van der Waals surface area contributed by atoms with Crippen molar-refractivity contribution < 1.29 is 27.1 Å². The first-order valence-electron chi connectivity index (χ1n) is 5.15. The van der Waals surface area contributed by atoms with Gasteiger partial charge in [0, 0.05) is 11.6 Å². The Balaban J connectivity index is 2.70. The molecule has 0 saturated carbocycles. The molecule has 2 rings (SSSR count). The number of halogens is 5. The second-order valence-corrected chi connectivity index (χ2v) is 3.83. The molecule has 1 nitrogen and oxygen atoms in total. The average Bonchev–Trinajstić information content (AvgIpc) is 2.33. The van der Waals surface area contributed by atoms with Crippen molar-refractivity contribution in [2.75, 3.05) is 0 Å². The Morgan fingerprint density at radius 1 is 0.842 bits per heavy atom. The largest absolute Gasteiger partial charge is 0.507 e. The minimum atomic E-state index is -4.66. The van der Waals surface area contributed by atoms with E-state index in [0.717, 1.165) is 12.1 Å². The smallest absolute Gasteiger partial charge is 0.417 e. The number of phenolic OH excluding ortho intramolecular Hbond substituents is 1. The third kappa shape index (κ3) is 2.52. The number of hydrogen-bond donors (Lipinski definition) is 1. The van der Waals surface area contributed by atoms with Crippen LogP contribution in [0.3, 0.4) is 0 Å². The van der Waals surface area contributed by atoms with Crippen LogP contribution in [0.25, 0.3) is 11.1 Å². The summed E-state index contributed by atoms with van der Waals surface area (Å²) < 4.78 is 64.3. The lowest BCUT2D eigenvalue weighted by Gasteiger charge is -2.13. The number of hydrogen-bond acceptors (Lipinski definition) is 1. The van der Waals surface area contributed by atoms with Gasteiger partial charge in [-0.05, 0) is 17.7 Å². The molecule has 6 heteroatoms. The molecule has 1 N–H and O–H groups in total. The summed E-state index contributed by atoms with van der Waals surface area (Å²) in [6.07, 6.45) is -4.66. The molecule has 0 fully saturated rings. The van der Waals surface area contributed by atoms with Gasteiger partial charge in [0.15, 0.2) is 11.6 Å². The molecule has 0 amide bonds. The molecular weight excluding hydrogens is 267 g/mol. The SMILES string of the molecule is Oc1cc(F)c(F)cc1-c1ccccc1C(F)(F)F. The summed E-state index contributed by atoms with van der Waals surface area (Å²) in [5.74, 6) is -3.41. The van der Waals surface area contributed by atoms with Crippen LogP contribution in [0.4, 0.5) is 22.0 Å². The zero-order valence-corrected chi connectivity index (χ0v) is 9.30. The van der Waals surface area contributed by atoms with E-state index in [2.05, 4.69) is 0 Å². The van der Waals surface area contributed by atoms with E-state index < -0.39 is 40.3 Å². The van der Waals surface area contributed by atoms with Gasteiger partial charge in [0.2, 0.25) is 0 Å². The fourth-order valence-corrected chi connectivity index (χ4v) is 1.72. The van der Waals surface area contributed by atoms with Gasteiger partial charge in [-0.2, -0.15) is 13.2 Å². The highest BCUT2D eigenvalue weighted by atomic mass is 19.4. The van der Waals surface area contributed by atoms with Crippen molar-refractivity contribution in [1.29, 1.82) is 0 Å². The molecule has 2 aromatic rings. The van der Waals surface area contributed by atoms with Gasteiger partial charge >= 0.3 is 6.18 Å². The Morgan fingerprint density at radius 2 is 1.42 bits per heavy atom. The fraction of sp³-hybridized carbons (Fsp3) is 0.0769. The van der Waals surface area contributed by atoms with E-state index in [1.165, 1.54) is 12.1 Å². The number of rotatable bonds is 1. The number of benzene rings is 2. The van der Waals surface area contributed by atoms with Crippen molar-refractivity contribution in [3.8, 4) is 16.9 Å². The molecule has 0 aliphatic heterocycles. The van der Waals surface area contributed by atoms with E-state index in [1.54, 1.807) is 0 Å². The van der Waals surface area contributed by atoms with Crippen LogP contribution < -0.4 is 0 Å². The number of phenols is 1. The topological polar surface area (TPSA) is 20.2 Å². The van der Waals surface area contributed by atoms with E-state index >= 15 is 0 Å². The van der Waals surface area contributed by atoms with Crippen LogP contribution in [-0.2, 0) is 6.18 Å². The van der Waals surface area contributed by atoms with Crippen molar-refractivity contribution in [3.63, 3.8) is 0 Å². The molecule has 19 heavy (non-hydrogen) atoms. The maximum absolute atomic E-state index is 13.1. The zero-order chi connectivity index (χ0) is 14.2. The first-order valence-corrected chi connectivity index (χ1v) is 5.15. The molecule has 0 heterocycles. The minimum absolute atomic E-state index is 0.410. The predicted molar refractivity (Wildman–Crippen MR) is 58.5 cm³/mol. The van der Waals surface area contributed by atoms with Gasteiger partial charge < -0.3 is 5.11 Å². The van der Waals surface area contributed by atoms with Crippen molar-refractivity contribution in [2.45, 2.75) is 6.18 Å². The van der Waals surface area contributed by atoms with E-state index in [4.69, 9.17) is 0 Å². The van der Waals surface area contributed by atoms with Crippen LogP contribution in [0.15, 0.2) is 36.4 Å². The predicted octanol–water partition coefficient (Wildman–Crippen LogP) is 4.36. The monoisotopic (exact) mass is 274 g/mol. The van der Waals surface area contributed by atoms with E-state index in [0.29, 0.717) is 12.1 Å². The Kier molecular flexibility index (Phi) is 3.18. The molecule has 0 aromatic heterocycles. The Morgan fingerprint density at radius 3 is 2.05 bits per heavy atom. The van der Waals surface area contributed by atoms with Gasteiger partial charge in [-0.15, -0.1) is 0 Å². The molecule has 0 atom stereocenters. The summed E-state index contributed by atoms with van der Waals surface area (Å²) >= 11 is 0. The highest BCUT2D eigenvalue weighted by Crippen LogP contribution is 2.40. The Labute approximate surface area is 104 Å². The van der Waals surface area contributed by atoms with Crippen molar-refractivity contribution in [3.05, 3.63) is 53.6 Å². The number of alkyl halides is 3. The van der Waals surface area contributed by atoms with E-state index in [9.17, 15) is 27.1 Å². The van der Waals surface area contributed by atoms with Gasteiger partial charge in [0.05, 0.1) is 5.56 Å². The van der Waals surface area contributed by atoms with Crippen LogP contribution in [0.2, 0.25) is 0 Å². The summed E-state index contributed by atoms with van der Waals surface area (Å²) in [5, 5.41) is 9.49.